The fourth-order valence-electron chi connectivity index (χ4n) is 3.13. The number of alkyl carbamates (subject to hydrolysis) is 1. The second-order valence-corrected chi connectivity index (χ2v) is 10.4. The Labute approximate surface area is 175 Å². The van der Waals surface area contributed by atoms with E-state index in [1.807, 2.05) is 0 Å². The molecule has 0 saturated heterocycles. The topological polar surface area (TPSA) is 89.5 Å². The van der Waals surface area contributed by atoms with Gasteiger partial charge in [0.25, 0.3) is 0 Å². The molecule has 0 unspecified atom stereocenters. The van der Waals surface area contributed by atoms with Gasteiger partial charge in [0.15, 0.2) is 15.6 Å². The summed E-state index contributed by atoms with van der Waals surface area (Å²) in [7, 11) is -3.46. The Bertz CT molecular complexity index is 775. The number of hydrogen-bond donors (Lipinski definition) is 1. The predicted octanol–water partition coefficient (Wildman–Crippen LogP) is 4.77. The summed E-state index contributed by atoms with van der Waals surface area (Å²) in [5.74, 6) is 0.0103. The third-order valence-corrected chi connectivity index (χ3v) is 6.27. The van der Waals surface area contributed by atoms with Crippen molar-refractivity contribution in [3.05, 3.63) is 29.8 Å². The van der Waals surface area contributed by atoms with Gasteiger partial charge in [-0.2, -0.15) is 0 Å². The second kappa shape index (κ2) is 11.3. The molecule has 0 aliphatic heterocycles. The van der Waals surface area contributed by atoms with Gasteiger partial charge in [-0.1, -0.05) is 38.8 Å². The summed E-state index contributed by atoms with van der Waals surface area (Å²) in [4.78, 5) is 24.3. The lowest BCUT2D eigenvalue weighted by Gasteiger charge is -2.19. The SMILES string of the molecule is CCCC(CCC)CS(=O)(=O)c1cccc(C(=O)CCNC(=O)OC(C)(C)C)c1. The standard InChI is InChI=1S/C22H35NO5S/c1-6-9-17(10-7-2)16-29(26,27)19-12-8-11-18(15-19)20(24)13-14-23-21(25)28-22(3,4)5/h8,11-12,15,17H,6-7,9-10,13-14,16H2,1-5H3,(H,23,25). The molecule has 1 aromatic carbocycles. The third-order valence-electron chi connectivity index (χ3n) is 4.38. The number of amides is 1. The second-order valence-electron chi connectivity index (χ2n) is 8.35. The Kier molecular flexibility index (Phi) is 9.83. The van der Waals surface area contributed by atoms with Crippen LogP contribution < -0.4 is 5.32 Å². The van der Waals surface area contributed by atoms with Crippen molar-refractivity contribution in [2.45, 2.75) is 77.2 Å². The molecule has 0 saturated carbocycles. The Morgan fingerprint density at radius 1 is 1.10 bits per heavy atom. The van der Waals surface area contributed by atoms with Crippen LogP contribution in [0.25, 0.3) is 0 Å². The molecule has 0 bridgehead atoms. The average molecular weight is 426 g/mol. The summed E-state index contributed by atoms with van der Waals surface area (Å²) in [6, 6.07) is 6.18. The fraction of sp³-hybridized carbons (Fsp3) is 0.636. The van der Waals surface area contributed by atoms with E-state index in [1.165, 1.54) is 6.07 Å². The Morgan fingerprint density at radius 3 is 2.28 bits per heavy atom. The van der Waals surface area contributed by atoms with Gasteiger partial charge in [-0.3, -0.25) is 4.79 Å². The van der Waals surface area contributed by atoms with Gasteiger partial charge in [0.2, 0.25) is 0 Å². The summed E-state index contributed by atoms with van der Waals surface area (Å²) in [5, 5.41) is 2.54. The largest absolute Gasteiger partial charge is 0.444 e. The summed E-state index contributed by atoms with van der Waals surface area (Å²) < 4.78 is 30.8. The number of ketones is 1. The van der Waals surface area contributed by atoms with Crippen molar-refractivity contribution in [3.63, 3.8) is 0 Å². The molecule has 0 atom stereocenters. The first-order valence-electron chi connectivity index (χ1n) is 10.3. The molecule has 0 aromatic heterocycles. The maximum absolute atomic E-state index is 12.8. The Balaban J connectivity index is 2.75. The predicted molar refractivity (Wildman–Crippen MR) is 115 cm³/mol. The van der Waals surface area contributed by atoms with Gasteiger partial charge in [0.1, 0.15) is 5.60 Å². The third kappa shape index (κ3) is 9.43. The molecular weight excluding hydrogens is 390 g/mol. The normalized spacial score (nSPS) is 12.1. The highest BCUT2D eigenvalue weighted by atomic mass is 32.2. The van der Waals surface area contributed by atoms with E-state index in [-0.39, 0.29) is 35.3 Å². The zero-order valence-corrected chi connectivity index (χ0v) is 19.1. The molecule has 7 heteroatoms. The van der Waals surface area contributed by atoms with Gasteiger partial charge in [-0.15, -0.1) is 0 Å². The van der Waals surface area contributed by atoms with Crippen LogP contribution in [-0.2, 0) is 14.6 Å². The van der Waals surface area contributed by atoms with Crippen LogP contribution >= 0.6 is 0 Å². The first-order valence-corrected chi connectivity index (χ1v) is 12.0. The van der Waals surface area contributed by atoms with Crippen LogP contribution in [0.4, 0.5) is 4.79 Å². The number of rotatable bonds is 11. The van der Waals surface area contributed by atoms with Crippen molar-refractivity contribution < 1.29 is 22.7 Å². The lowest BCUT2D eigenvalue weighted by molar-refractivity contribution is 0.0527. The lowest BCUT2D eigenvalue weighted by atomic mass is 10.0. The van der Waals surface area contributed by atoms with Crippen LogP contribution in [0.2, 0.25) is 0 Å². The van der Waals surface area contributed by atoms with Crippen LogP contribution in [0.5, 0.6) is 0 Å². The number of sulfone groups is 1. The minimum absolute atomic E-state index is 0.0665. The van der Waals surface area contributed by atoms with Crippen LogP contribution in [0.3, 0.4) is 0 Å². The molecular formula is C22H35NO5S. The van der Waals surface area contributed by atoms with E-state index in [4.69, 9.17) is 4.74 Å². The van der Waals surface area contributed by atoms with E-state index in [9.17, 15) is 18.0 Å². The summed E-state index contributed by atoms with van der Waals surface area (Å²) in [5.41, 5.74) is -0.274. The number of Topliss-reactive ketones (excluding diaryl/α,β-unsaturated/α-hetero) is 1. The first kappa shape index (κ1) is 25.1. The molecule has 0 spiro atoms. The van der Waals surface area contributed by atoms with Crippen LogP contribution in [0.1, 0.15) is 77.1 Å². The quantitative estimate of drug-likeness (QED) is 0.516. The molecule has 0 radical (unpaired) electrons. The van der Waals surface area contributed by atoms with E-state index < -0.39 is 21.5 Å². The van der Waals surface area contributed by atoms with Crippen molar-refractivity contribution in [2.24, 2.45) is 5.92 Å². The van der Waals surface area contributed by atoms with Gasteiger partial charge in [0.05, 0.1) is 10.6 Å². The van der Waals surface area contributed by atoms with Gasteiger partial charge in [-0.25, -0.2) is 13.2 Å². The molecule has 6 nitrogen and oxygen atoms in total. The molecule has 0 fully saturated rings. The highest BCUT2D eigenvalue weighted by Crippen LogP contribution is 2.22. The lowest BCUT2D eigenvalue weighted by Crippen LogP contribution is -2.33. The van der Waals surface area contributed by atoms with E-state index in [0.29, 0.717) is 5.56 Å². The minimum atomic E-state index is -3.46. The van der Waals surface area contributed by atoms with Crippen LogP contribution in [0, 0.1) is 5.92 Å². The molecule has 29 heavy (non-hydrogen) atoms. The van der Waals surface area contributed by atoms with E-state index in [2.05, 4.69) is 19.2 Å². The summed E-state index contributed by atoms with van der Waals surface area (Å²) >= 11 is 0. The number of hydrogen-bond acceptors (Lipinski definition) is 5. The van der Waals surface area contributed by atoms with Crippen molar-refractivity contribution in [1.82, 2.24) is 5.32 Å². The van der Waals surface area contributed by atoms with Crippen molar-refractivity contribution in [3.8, 4) is 0 Å². The molecule has 1 rings (SSSR count). The fourth-order valence-corrected chi connectivity index (χ4v) is 4.87. The smallest absolute Gasteiger partial charge is 0.407 e. The zero-order chi connectivity index (χ0) is 22.1. The first-order chi connectivity index (χ1) is 13.5. The van der Waals surface area contributed by atoms with Crippen molar-refractivity contribution in [2.75, 3.05) is 12.3 Å². The molecule has 1 amide bonds. The van der Waals surface area contributed by atoms with Crippen molar-refractivity contribution in [1.29, 1.82) is 0 Å². The Hall–Kier alpha value is -1.89. The molecule has 0 heterocycles. The maximum atomic E-state index is 12.8. The summed E-state index contributed by atoms with van der Waals surface area (Å²) in [6.45, 7) is 9.51. The number of carbonyl (C=O) groups excluding carboxylic acids is 2. The molecule has 164 valence electrons. The van der Waals surface area contributed by atoms with E-state index >= 15 is 0 Å². The highest BCUT2D eigenvalue weighted by Gasteiger charge is 2.22. The number of ether oxygens (including phenoxy) is 1. The number of benzene rings is 1. The molecule has 1 aromatic rings. The highest BCUT2D eigenvalue weighted by molar-refractivity contribution is 7.91. The molecule has 0 aliphatic rings. The molecule has 1 N–H and O–H groups in total. The van der Waals surface area contributed by atoms with Crippen LogP contribution in [-0.4, -0.2) is 38.2 Å². The molecule has 0 aliphatic carbocycles. The minimum Gasteiger partial charge on any atom is -0.444 e. The van der Waals surface area contributed by atoms with Gasteiger partial charge < -0.3 is 10.1 Å². The maximum Gasteiger partial charge on any atom is 0.407 e. The monoisotopic (exact) mass is 425 g/mol. The van der Waals surface area contributed by atoms with E-state index in [0.717, 1.165) is 25.7 Å². The summed E-state index contributed by atoms with van der Waals surface area (Å²) in [6.07, 6.45) is 3.13. The van der Waals surface area contributed by atoms with Gasteiger partial charge in [-0.05, 0) is 51.7 Å². The Morgan fingerprint density at radius 2 is 1.72 bits per heavy atom. The zero-order valence-electron chi connectivity index (χ0n) is 18.3. The van der Waals surface area contributed by atoms with Crippen molar-refractivity contribution >= 4 is 21.7 Å². The van der Waals surface area contributed by atoms with Gasteiger partial charge >= 0.3 is 6.09 Å². The van der Waals surface area contributed by atoms with E-state index in [1.54, 1.807) is 39.0 Å². The van der Waals surface area contributed by atoms with Gasteiger partial charge in [0, 0.05) is 18.5 Å². The number of carbonyl (C=O) groups is 2. The average Bonchev–Trinajstić information content (AvgIpc) is 2.60. The number of nitrogens with one attached hydrogen (secondary N) is 1. The van der Waals surface area contributed by atoms with Crippen LogP contribution in [0.15, 0.2) is 29.2 Å².